The minimum atomic E-state index is -0.136. The molecule has 0 spiro atoms. The van der Waals surface area contributed by atoms with Crippen LogP contribution in [-0.2, 0) is 12.8 Å². The van der Waals surface area contributed by atoms with Gasteiger partial charge in [0.1, 0.15) is 11.6 Å². The van der Waals surface area contributed by atoms with Gasteiger partial charge in [0.2, 0.25) is 0 Å². The van der Waals surface area contributed by atoms with Crippen LogP contribution in [0.3, 0.4) is 0 Å². The number of rotatable bonds is 3. The molecule has 3 atom stereocenters. The minimum Gasteiger partial charge on any atom is -0.496 e. The highest BCUT2D eigenvalue weighted by Crippen LogP contribution is 2.47. The summed E-state index contributed by atoms with van der Waals surface area (Å²) in [5.41, 5.74) is 3.95. The maximum Gasteiger partial charge on any atom is 0.123 e. The zero-order valence-corrected chi connectivity index (χ0v) is 15.6. The highest BCUT2D eigenvalue weighted by atomic mass is 35.5. The molecule has 1 aliphatic carbocycles. The number of hydrogen-bond donors (Lipinski definition) is 0. The molecule has 1 fully saturated rings. The molecule has 1 heterocycles. The number of nitrogens with zero attached hydrogens (tertiary/aromatic N) is 1. The second-order valence-corrected chi connectivity index (χ2v) is 7.18. The SMILES string of the molecule is COc1cccc2c1CCC1[C@@H]2CN(C)[C@@H]1Cc1cccc(F)c1.Cl. The molecule has 2 nitrogen and oxygen atoms in total. The molecule has 0 saturated carbocycles. The molecule has 1 unspecified atom stereocenters. The number of halogens is 2. The van der Waals surface area contributed by atoms with Crippen molar-refractivity contribution in [3.63, 3.8) is 0 Å². The highest BCUT2D eigenvalue weighted by Gasteiger charge is 2.43. The van der Waals surface area contributed by atoms with Crippen molar-refractivity contribution < 1.29 is 9.13 Å². The van der Waals surface area contributed by atoms with Crippen LogP contribution in [0.2, 0.25) is 0 Å². The van der Waals surface area contributed by atoms with Gasteiger partial charge in [0.05, 0.1) is 7.11 Å². The van der Waals surface area contributed by atoms with Crippen molar-refractivity contribution in [2.24, 2.45) is 5.92 Å². The van der Waals surface area contributed by atoms with Crippen molar-refractivity contribution in [2.45, 2.75) is 31.2 Å². The number of ether oxygens (including phenoxy) is 1. The minimum absolute atomic E-state index is 0. The number of methoxy groups -OCH3 is 1. The molecule has 0 N–H and O–H groups in total. The largest absolute Gasteiger partial charge is 0.496 e. The van der Waals surface area contributed by atoms with Crippen molar-refractivity contribution in [3.8, 4) is 5.75 Å². The summed E-state index contributed by atoms with van der Waals surface area (Å²) in [5.74, 6) is 2.09. The Morgan fingerprint density at radius 1 is 1.20 bits per heavy atom. The van der Waals surface area contributed by atoms with E-state index < -0.39 is 0 Å². The van der Waals surface area contributed by atoms with Crippen molar-refractivity contribution in [1.29, 1.82) is 0 Å². The molecule has 4 rings (SSSR count). The first-order chi connectivity index (χ1) is 11.7. The van der Waals surface area contributed by atoms with Gasteiger partial charge in [0.15, 0.2) is 0 Å². The summed E-state index contributed by atoms with van der Waals surface area (Å²) in [6.45, 7) is 1.07. The molecule has 2 aromatic rings. The Morgan fingerprint density at radius 3 is 2.76 bits per heavy atom. The Kier molecular flexibility index (Phi) is 5.35. The molecule has 0 bridgehead atoms. The van der Waals surface area contributed by atoms with Crippen LogP contribution in [0.4, 0.5) is 4.39 Å². The summed E-state index contributed by atoms with van der Waals surface area (Å²) >= 11 is 0. The molecule has 134 valence electrons. The summed E-state index contributed by atoms with van der Waals surface area (Å²) in [6, 6.07) is 14.0. The first kappa shape index (κ1) is 18.2. The zero-order valence-electron chi connectivity index (χ0n) is 14.7. The lowest BCUT2D eigenvalue weighted by Gasteiger charge is -2.32. The maximum absolute atomic E-state index is 13.5. The second kappa shape index (κ2) is 7.35. The van der Waals surface area contributed by atoms with Crippen LogP contribution in [0.15, 0.2) is 42.5 Å². The number of benzene rings is 2. The fourth-order valence-corrected chi connectivity index (χ4v) is 4.81. The average molecular weight is 362 g/mol. The van der Waals surface area contributed by atoms with Crippen molar-refractivity contribution >= 4 is 12.4 Å². The quantitative estimate of drug-likeness (QED) is 0.800. The molecule has 2 aromatic carbocycles. The Hall–Kier alpha value is -1.58. The van der Waals surface area contributed by atoms with E-state index in [1.165, 1.54) is 23.6 Å². The second-order valence-electron chi connectivity index (χ2n) is 7.18. The number of hydrogen-bond acceptors (Lipinski definition) is 2. The summed E-state index contributed by atoms with van der Waals surface area (Å²) in [5, 5.41) is 0. The fourth-order valence-electron chi connectivity index (χ4n) is 4.81. The molecular formula is C21H25ClFNO. The van der Waals surface area contributed by atoms with E-state index in [1.54, 1.807) is 13.2 Å². The smallest absolute Gasteiger partial charge is 0.123 e. The third-order valence-corrected chi connectivity index (χ3v) is 5.91. The number of likely N-dealkylation sites (tertiary alicyclic amines) is 1. The Labute approximate surface area is 155 Å². The van der Waals surface area contributed by atoms with Crippen LogP contribution < -0.4 is 4.74 Å². The van der Waals surface area contributed by atoms with Crippen molar-refractivity contribution in [2.75, 3.05) is 20.7 Å². The topological polar surface area (TPSA) is 12.5 Å². The standard InChI is InChI=1S/C21H24FNO.ClH/c1-23-13-19-16-7-4-8-21(24-2)18(16)10-9-17(19)20(23)12-14-5-3-6-15(22)11-14;/h3-8,11,17,19-20H,9-10,12-13H2,1-2H3;1H/t17?,19-,20-;/m1./s1. The molecule has 0 aromatic heterocycles. The summed E-state index contributed by atoms with van der Waals surface area (Å²) in [6.07, 6.45) is 3.19. The van der Waals surface area contributed by atoms with E-state index in [2.05, 4.69) is 30.1 Å². The summed E-state index contributed by atoms with van der Waals surface area (Å²) < 4.78 is 19.1. The lowest BCUT2D eigenvalue weighted by atomic mass is 9.73. The third kappa shape index (κ3) is 3.28. The molecule has 25 heavy (non-hydrogen) atoms. The summed E-state index contributed by atoms with van der Waals surface area (Å²) in [7, 11) is 3.97. The maximum atomic E-state index is 13.5. The highest BCUT2D eigenvalue weighted by molar-refractivity contribution is 5.85. The molecular weight excluding hydrogens is 337 g/mol. The first-order valence-electron chi connectivity index (χ1n) is 8.78. The number of likely N-dealkylation sites (N-methyl/N-ethyl adjacent to an activating group) is 1. The van der Waals surface area contributed by atoms with Crippen LogP contribution >= 0.6 is 12.4 Å². The van der Waals surface area contributed by atoms with Crippen LogP contribution in [0.1, 0.15) is 29.0 Å². The fraction of sp³-hybridized carbons (Fsp3) is 0.429. The van der Waals surface area contributed by atoms with Gasteiger partial charge >= 0.3 is 0 Å². The lowest BCUT2D eigenvalue weighted by molar-refractivity contribution is 0.258. The van der Waals surface area contributed by atoms with Crippen LogP contribution in [0.25, 0.3) is 0 Å². The molecule has 1 saturated heterocycles. The van der Waals surface area contributed by atoms with E-state index >= 15 is 0 Å². The average Bonchev–Trinajstić information content (AvgIpc) is 2.90. The van der Waals surface area contributed by atoms with Gasteiger partial charge < -0.3 is 9.64 Å². The lowest BCUT2D eigenvalue weighted by Crippen LogP contribution is -2.32. The van der Waals surface area contributed by atoms with Gasteiger partial charge in [-0.2, -0.15) is 0 Å². The van der Waals surface area contributed by atoms with Crippen molar-refractivity contribution in [1.82, 2.24) is 4.90 Å². The van der Waals surface area contributed by atoms with Crippen LogP contribution in [0, 0.1) is 11.7 Å². The Morgan fingerprint density at radius 2 is 2.00 bits per heavy atom. The van der Waals surface area contributed by atoms with Gasteiger partial charge in [-0.15, -0.1) is 12.4 Å². The van der Waals surface area contributed by atoms with E-state index in [9.17, 15) is 4.39 Å². The summed E-state index contributed by atoms with van der Waals surface area (Å²) in [4.78, 5) is 2.47. The van der Waals surface area contributed by atoms with E-state index in [1.807, 2.05) is 12.1 Å². The zero-order chi connectivity index (χ0) is 16.7. The van der Waals surface area contributed by atoms with E-state index in [-0.39, 0.29) is 18.2 Å². The van der Waals surface area contributed by atoms with E-state index in [0.29, 0.717) is 17.9 Å². The van der Waals surface area contributed by atoms with Gasteiger partial charge in [0, 0.05) is 18.5 Å². The van der Waals surface area contributed by atoms with Crippen molar-refractivity contribution in [3.05, 3.63) is 65.0 Å². The molecule has 1 aliphatic heterocycles. The Balaban J connectivity index is 0.00000182. The van der Waals surface area contributed by atoms with Gasteiger partial charge in [-0.05, 0) is 67.1 Å². The molecule has 0 radical (unpaired) electrons. The third-order valence-electron chi connectivity index (χ3n) is 5.91. The first-order valence-corrected chi connectivity index (χ1v) is 8.78. The number of fused-ring (bicyclic) bond motifs is 3. The van der Waals surface area contributed by atoms with E-state index in [4.69, 9.17) is 4.74 Å². The monoisotopic (exact) mass is 361 g/mol. The Bertz CT molecular complexity index is 750. The van der Waals surface area contributed by atoms with Crippen LogP contribution in [0.5, 0.6) is 5.75 Å². The molecule has 0 amide bonds. The van der Waals surface area contributed by atoms with Gasteiger partial charge in [-0.1, -0.05) is 24.3 Å². The molecule has 2 aliphatic rings. The normalized spacial score (nSPS) is 25.0. The predicted molar refractivity (Wildman–Crippen MR) is 101 cm³/mol. The van der Waals surface area contributed by atoms with Gasteiger partial charge in [0.25, 0.3) is 0 Å². The van der Waals surface area contributed by atoms with Gasteiger partial charge in [-0.25, -0.2) is 4.39 Å². The van der Waals surface area contributed by atoms with E-state index in [0.717, 1.165) is 30.7 Å². The predicted octanol–water partition coefficient (Wildman–Crippen LogP) is 4.46. The molecule has 4 heteroatoms. The van der Waals surface area contributed by atoms with Gasteiger partial charge in [-0.3, -0.25) is 0 Å². The van der Waals surface area contributed by atoms with Crippen LogP contribution in [-0.4, -0.2) is 31.6 Å².